The van der Waals surface area contributed by atoms with Crippen LogP contribution >= 0.6 is 0 Å². The van der Waals surface area contributed by atoms with Gasteiger partial charge in [-0.15, -0.1) is 0 Å². The van der Waals surface area contributed by atoms with Gasteiger partial charge in [-0.2, -0.15) is 0 Å². The molecule has 0 spiro atoms. The number of nitro benzene ring substituents is 1. The van der Waals surface area contributed by atoms with Gasteiger partial charge in [0.1, 0.15) is 5.69 Å². The van der Waals surface area contributed by atoms with Crippen LogP contribution in [0.3, 0.4) is 0 Å². The van der Waals surface area contributed by atoms with Crippen LogP contribution < -0.4 is 10.2 Å². The Kier molecular flexibility index (Phi) is 5.76. The summed E-state index contributed by atoms with van der Waals surface area (Å²) in [6.45, 7) is 3.12. The summed E-state index contributed by atoms with van der Waals surface area (Å²) in [7, 11) is 0. The standard InChI is InChI=1S/C22H26N4O3/c27-22(23-19-9-5-7-17-6-1-2-8-18(17)19)16-24-12-14-25(15-13-24)20-10-3-4-11-21(20)26(28)29/h1-4,6,8,10-11,19H,5,7,9,12-16H2,(H,23,27). The normalized spacial score (nSPS) is 19.4. The van der Waals surface area contributed by atoms with Crippen molar-refractivity contribution in [2.45, 2.75) is 25.3 Å². The molecular weight excluding hydrogens is 368 g/mol. The first-order valence-corrected chi connectivity index (χ1v) is 10.2. The lowest BCUT2D eigenvalue weighted by atomic mass is 9.88. The minimum absolute atomic E-state index is 0.0471. The monoisotopic (exact) mass is 394 g/mol. The van der Waals surface area contributed by atoms with E-state index in [2.05, 4.69) is 28.4 Å². The SMILES string of the molecule is O=C(CN1CCN(c2ccccc2[N+](=O)[O-])CC1)NC1CCCc2ccccc21. The van der Waals surface area contributed by atoms with Crippen LogP contribution in [0.2, 0.25) is 0 Å². The highest BCUT2D eigenvalue weighted by atomic mass is 16.6. The Labute approximate surface area is 170 Å². The van der Waals surface area contributed by atoms with Crippen molar-refractivity contribution in [2.24, 2.45) is 0 Å². The van der Waals surface area contributed by atoms with E-state index < -0.39 is 0 Å². The largest absolute Gasteiger partial charge is 0.363 e. The van der Waals surface area contributed by atoms with E-state index >= 15 is 0 Å². The highest BCUT2D eigenvalue weighted by Crippen LogP contribution is 2.30. The van der Waals surface area contributed by atoms with Crippen LogP contribution in [0, 0.1) is 10.1 Å². The molecule has 0 bridgehead atoms. The molecule has 1 fully saturated rings. The number of carbonyl (C=O) groups excluding carboxylic acids is 1. The molecule has 2 aromatic carbocycles. The van der Waals surface area contributed by atoms with E-state index in [-0.39, 0.29) is 22.6 Å². The Balaban J connectivity index is 1.32. The van der Waals surface area contributed by atoms with E-state index in [1.165, 1.54) is 17.2 Å². The van der Waals surface area contributed by atoms with E-state index in [9.17, 15) is 14.9 Å². The molecule has 1 N–H and O–H groups in total. The van der Waals surface area contributed by atoms with Gasteiger partial charge < -0.3 is 10.2 Å². The fourth-order valence-corrected chi connectivity index (χ4v) is 4.38. The van der Waals surface area contributed by atoms with Crippen LogP contribution in [0.15, 0.2) is 48.5 Å². The number of nitro groups is 1. The van der Waals surface area contributed by atoms with Crippen molar-refractivity contribution < 1.29 is 9.72 Å². The van der Waals surface area contributed by atoms with Gasteiger partial charge in [0.05, 0.1) is 17.5 Å². The lowest BCUT2D eigenvalue weighted by Gasteiger charge is -2.35. The zero-order valence-electron chi connectivity index (χ0n) is 16.4. The zero-order valence-corrected chi connectivity index (χ0v) is 16.4. The summed E-state index contributed by atoms with van der Waals surface area (Å²) in [6, 6.07) is 15.3. The van der Waals surface area contributed by atoms with E-state index in [1.54, 1.807) is 12.1 Å². The van der Waals surface area contributed by atoms with Crippen molar-refractivity contribution in [1.29, 1.82) is 0 Å². The fraction of sp³-hybridized carbons (Fsp3) is 0.409. The summed E-state index contributed by atoms with van der Waals surface area (Å²) in [5.74, 6) is 0.0471. The summed E-state index contributed by atoms with van der Waals surface area (Å²) >= 11 is 0. The second-order valence-electron chi connectivity index (χ2n) is 7.72. The maximum Gasteiger partial charge on any atom is 0.292 e. The van der Waals surface area contributed by atoms with Crippen molar-refractivity contribution in [3.05, 3.63) is 69.8 Å². The molecule has 7 heteroatoms. The highest BCUT2D eigenvalue weighted by Gasteiger charge is 2.26. The maximum absolute atomic E-state index is 12.6. The van der Waals surface area contributed by atoms with Crippen LogP contribution in [0.1, 0.15) is 30.0 Å². The summed E-state index contributed by atoms with van der Waals surface area (Å²) in [5.41, 5.74) is 3.37. The Morgan fingerprint density at radius 1 is 1.07 bits per heavy atom. The number of nitrogens with zero attached hydrogens (tertiary/aromatic N) is 3. The summed E-state index contributed by atoms with van der Waals surface area (Å²) in [4.78, 5) is 27.7. The molecule has 7 nitrogen and oxygen atoms in total. The molecule has 1 heterocycles. The molecule has 0 radical (unpaired) electrons. The predicted octanol–water partition coefficient (Wildman–Crippen LogP) is 2.91. The van der Waals surface area contributed by atoms with Gasteiger partial charge in [0.2, 0.25) is 5.91 Å². The summed E-state index contributed by atoms with van der Waals surface area (Å²) in [6.07, 6.45) is 3.15. The maximum atomic E-state index is 12.6. The van der Waals surface area contributed by atoms with Gasteiger partial charge in [0, 0.05) is 32.2 Å². The molecule has 1 amide bonds. The number of carbonyl (C=O) groups is 1. The molecule has 1 atom stereocenters. The Hall–Kier alpha value is -2.93. The first-order chi connectivity index (χ1) is 14.1. The van der Waals surface area contributed by atoms with Gasteiger partial charge in [-0.05, 0) is 36.5 Å². The predicted molar refractivity (Wildman–Crippen MR) is 112 cm³/mol. The number of piperazine rings is 1. The third kappa shape index (κ3) is 4.40. The first-order valence-electron chi connectivity index (χ1n) is 10.2. The van der Waals surface area contributed by atoms with Crippen LogP contribution in [-0.2, 0) is 11.2 Å². The number of rotatable bonds is 5. The molecule has 2 aliphatic rings. The second-order valence-corrected chi connectivity index (χ2v) is 7.72. The zero-order chi connectivity index (χ0) is 20.2. The van der Waals surface area contributed by atoms with Gasteiger partial charge in [0.25, 0.3) is 5.69 Å². The average Bonchev–Trinajstić information content (AvgIpc) is 2.74. The molecule has 152 valence electrons. The summed E-state index contributed by atoms with van der Waals surface area (Å²) in [5, 5.41) is 14.5. The van der Waals surface area contributed by atoms with Gasteiger partial charge in [-0.25, -0.2) is 0 Å². The third-order valence-electron chi connectivity index (χ3n) is 5.86. The molecule has 1 unspecified atom stereocenters. The number of fused-ring (bicyclic) bond motifs is 1. The number of anilines is 1. The van der Waals surface area contributed by atoms with Crippen LogP contribution in [0.4, 0.5) is 11.4 Å². The van der Waals surface area contributed by atoms with E-state index in [1.807, 2.05) is 17.0 Å². The van der Waals surface area contributed by atoms with Crippen molar-refractivity contribution >= 4 is 17.3 Å². The van der Waals surface area contributed by atoms with Gasteiger partial charge in [-0.3, -0.25) is 19.8 Å². The van der Waals surface area contributed by atoms with Crippen molar-refractivity contribution in [2.75, 3.05) is 37.6 Å². The Bertz CT molecular complexity index is 893. The van der Waals surface area contributed by atoms with Crippen molar-refractivity contribution in [3.63, 3.8) is 0 Å². The molecule has 1 aliphatic carbocycles. The number of hydrogen-bond acceptors (Lipinski definition) is 5. The Morgan fingerprint density at radius 3 is 2.59 bits per heavy atom. The molecule has 1 saturated heterocycles. The van der Waals surface area contributed by atoms with Crippen LogP contribution in [-0.4, -0.2) is 48.5 Å². The lowest BCUT2D eigenvalue weighted by molar-refractivity contribution is -0.384. The minimum atomic E-state index is -0.336. The number of amides is 1. The van der Waals surface area contributed by atoms with Gasteiger partial charge in [-0.1, -0.05) is 36.4 Å². The average molecular weight is 394 g/mol. The molecule has 29 heavy (non-hydrogen) atoms. The number of benzene rings is 2. The van der Waals surface area contributed by atoms with Crippen molar-refractivity contribution in [3.8, 4) is 0 Å². The lowest BCUT2D eigenvalue weighted by Crippen LogP contribution is -2.50. The molecular formula is C22H26N4O3. The van der Waals surface area contributed by atoms with E-state index in [4.69, 9.17) is 0 Å². The molecule has 1 aliphatic heterocycles. The quantitative estimate of drug-likeness (QED) is 0.623. The minimum Gasteiger partial charge on any atom is -0.363 e. The van der Waals surface area contributed by atoms with Gasteiger partial charge >= 0.3 is 0 Å². The smallest absolute Gasteiger partial charge is 0.292 e. The summed E-state index contributed by atoms with van der Waals surface area (Å²) < 4.78 is 0. The topological polar surface area (TPSA) is 78.7 Å². The number of para-hydroxylation sites is 2. The molecule has 2 aromatic rings. The molecule has 0 aromatic heterocycles. The van der Waals surface area contributed by atoms with E-state index in [0.29, 0.717) is 38.4 Å². The molecule has 0 saturated carbocycles. The van der Waals surface area contributed by atoms with Gasteiger partial charge in [0.15, 0.2) is 0 Å². The first kappa shape index (κ1) is 19.4. The highest BCUT2D eigenvalue weighted by molar-refractivity contribution is 5.78. The fourth-order valence-electron chi connectivity index (χ4n) is 4.38. The Morgan fingerprint density at radius 2 is 1.79 bits per heavy atom. The van der Waals surface area contributed by atoms with E-state index in [0.717, 1.165) is 19.3 Å². The third-order valence-corrected chi connectivity index (χ3v) is 5.86. The number of nitrogens with one attached hydrogen (secondary N) is 1. The number of hydrogen-bond donors (Lipinski definition) is 1. The van der Waals surface area contributed by atoms with Crippen molar-refractivity contribution in [1.82, 2.24) is 10.2 Å². The second kappa shape index (κ2) is 8.61. The number of aryl methyl sites for hydroxylation is 1. The van der Waals surface area contributed by atoms with Crippen LogP contribution in [0.5, 0.6) is 0 Å². The van der Waals surface area contributed by atoms with Crippen LogP contribution in [0.25, 0.3) is 0 Å². The molecule has 4 rings (SSSR count).